The molecule has 1 amide bonds. The van der Waals surface area contributed by atoms with Gasteiger partial charge in [0.25, 0.3) is 0 Å². The predicted octanol–water partition coefficient (Wildman–Crippen LogP) is 2.40. The maximum Gasteiger partial charge on any atom is 0.229 e. The highest BCUT2D eigenvalue weighted by atomic mass is 16.2. The molecule has 3 unspecified atom stereocenters. The third-order valence-electron chi connectivity index (χ3n) is 5.33. The fourth-order valence-corrected chi connectivity index (χ4v) is 3.55. The lowest BCUT2D eigenvalue weighted by Gasteiger charge is -2.44. The molecule has 3 heteroatoms. The van der Waals surface area contributed by atoms with Gasteiger partial charge in [-0.05, 0) is 38.0 Å². The van der Waals surface area contributed by atoms with Crippen LogP contribution >= 0.6 is 0 Å². The summed E-state index contributed by atoms with van der Waals surface area (Å²) >= 11 is 0. The molecule has 2 aliphatic rings. The number of amides is 1. The van der Waals surface area contributed by atoms with Crippen molar-refractivity contribution in [2.45, 2.75) is 52.4 Å². The number of nitrogens with two attached hydrogens (primary N) is 1. The fraction of sp³-hybridized carbons (Fsp3) is 0.933. The topological polar surface area (TPSA) is 46.3 Å². The Labute approximate surface area is 111 Å². The standard InChI is InChI=1S/C15H28N2O/c1-3-15(2,11-16)14(18)17-9-8-12-6-4-5-7-13(12)10-17/h12-13H,3-11,16H2,1-2H3. The average Bonchev–Trinajstić information content (AvgIpc) is 2.45. The number of likely N-dealkylation sites (tertiary alicyclic amines) is 1. The molecule has 18 heavy (non-hydrogen) atoms. The summed E-state index contributed by atoms with van der Waals surface area (Å²) in [6.45, 7) is 6.49. The molecular weight excluding hydrogens is 224 g/mol. The molecular formula is C15H28N2O. The maximum absolute atomic E-state index is 12.6. The van der Waals surface area contributed by atoms with Crippen LogP contribution in [0.15, 0.2) is 0 Å². The first-order chi connectivity index (χ1) is 8.60. The van der Waals surface area contributed by atoms with E-state index in [0.29, 0.717) is 6.54 Å². The second-order valence-electron chi connectivity index (χ2n) is 6.46. The Balaban J connectivity index is 2.00. The lowest BCUT2D eigenvalue weighted by molar-refractivity contribution is -0.144. The Morgan fingerprint density at radius 2 is 1.94 bits per heavy atom. The summed E-state index contributed by atoms with van der Waals surface area (Å²) < 4.78 is 0. The lowest BCUT2D eigenvalue weighted by Crippen LogP contribution is -2.51. The Morgan fingerprint density at radius 1 is 1.28 bits per heavy atom. The predicted molar refractivity (Wildman–Crippen MR) is 74.1 cm³/mol. The average molecular weight is 252 g/mol. The van der Waals surface area contributed by atoms with E-state index in [1.54, 1.807) is 0 Å². The molecule has 2 rings (SSSR count). The van der Waals surface area contributed by atoms with Crippen LogP contribution in [-0.4, -0.2) is 30.4 Å². The summed E-state index contributed by atoms with van der Waals surface area (Å²) in [6.07, 6.45) is 7.50. The van der Waals surface area contributed by atoms with Crippen molar-refractivity contribution in [2.24, 2.45) is 23.0 Å². The molecule has 0 spiro atoms. The Kier molecular flexibility index (Phi) is 4.31. The molecule has 0 aromatic heterocycles. The van der Waals surface area contributed by atoms with Gasteiger partial charge in [0, 0.05) is 19.6 Å². The molecule has 1 saturated carbocycles. The molecule has 3 nitrogen and oxygen atoms in total. The quantitative estimate of drug-likeness (QED) is 0.838. The highest BCUT2D eigenvalue weighted by Crippen LogP contribution is 2.37. The van der Waals surface area contributed by atoms with Gasteiger partial charge in [-0.1, -0.05) is 26.2 Å². The Hall–Kier alpha value is -0.570. The van der Waals surface area contributed by atoms with Crippen molar-refractivity contribution in [3.8, 4) is 0 Å². The molecule has 2 N–H and O–H groups in total. The monoisotopic (exact) mass is 252 g/mol. The van der Waals surface area contributed by atoms with Crippen LogP contribution in [-0.2, 0) is 4.79 Å². The van der Waals surface area contributed by atoms with E-state index in [1.165, 1.54) is 32.1 Å². The number of carbonyl (C=O) groups excluding carboxylic acids is 1. The number of hydrogen-bond acceptors (Lipinski definition) is 2. The molecule has 1 aliphatic heterocycles. The highest BCUT2D eigenvalue weighted by Gasteiger charge is 2.38. The SMILES string of the molecule is CCC(C)(CN)C(=O)N1CCC2CCCCC2C1. The van der Waals surface area contributed by atoms with Crippen LogP contribution in [0.25, 0.3) is 0 Å². The van der Waals surface area contributed by atoms with Gasteiger partial charge < -0.3 is 10.6 Å². The number of hydrogen-bond donors (Lipinski definition) is 1. The molecule has 0 aromatic carbocycles. The van der Waals surface area contributed by atoms with Crippen molar-refractivity contribution < 1.29 is 4.79 Å². The van der Waals surface area contributed by atoms with Gasteiger partial charge in [-0.2, -0.15) is 0 Å². The van der Waals surface area contributed by atoms with Gasteiger partial charge in [-0.3, -0.25) is 4.79 Å². The summed E-state index contributed by atoms with van der Waals surface area (Å²) in [6, 6.07) is 0. The third kappa shape index (κ3) is 2.56. The van der Waals surface area contributed by atoms with Gasteiger partial charge in [0.15, 0.2) is 0 Å². The molecule has 0 aromatic rings. The minimum Gasteiger partial charge on any atom is -0.342 e. The minimum atomic E-state index is -0.346. The second kappa shape index (κ2) is 5.60. The summed E-state index contributed by atoms with van der Waals surface area (Å²) in [4.78, 5) is 14.7. The summed E-state index contributed by atoms with van der Waals surface area (Å²) in [5.74, 6) is 1.93. The summed E-state index contributed by atoms with van der Waals surface area (Å²) in [5.41, 5.74) is 5.46. The van der Waals surface area contributed by atoms with Crippen LogP contribution < -0.4 is 5.73 Å². The number of rotatable bonds is 3. The molecule has 0 radical (unpaired) electrons. The van der Waals surface area contributed by atoms with Crippen molar-refractivity contribution in [2.75, 3.05) is 19.6 Å². The van der Waals surface area contributed by atoms with Gasteiger partial charge in [0.2, 0.25) is 5.91 Å². The van der Waals surface area contributed by atoms with Crippen molar-refractivity contribution in [1.82, 2.24) is 4.90 Å². The van der Waals surface area contributed by atoms with E-state index in [0.717, 1.165) is 31.3 Å². The lowest BCUT2D eigenvalue weighted by atomic mass is 9.74. The van der Waals surface area contributed by atoms with Crippen LogP contribution in [0.3, 0.4) is 0 Å². The van der Waals surface area contributed by atoms with Crippen molar-refractivity contribution >= 4 is 5.91 Å². The van der Waals surface area contributed by atoms with Crippen LogP contribution in [0.1, 0.15) is 52.4 Å². The first-order valence-electron chi connectivity index (χ1n) is 7.60. The number of nitrogens with zero attached hydrogens (tertiary/aromatic N) is 1. The van der Waals surface area contributed by atoms with E-state index in [2.05, 4.69) is 11.8 Å². The minimum absolute atomic E-state index is 0.288. The van der Waals surface area contributed by atoms with Gasteiger partial charge in [-0.15, -0.1) is 0 Å². The molecule has 2 fully saturated rings. The maximum atomic E-state index is 12.6. The van der Waals surface area contributed by atoms with Crippen LogP contribution in [0, 0.1) is 17.3 Å². The molecule has 0 bridgehead atoms. The first kappa shape index (κ1) is 13.9. The highest BCUT2D eigenvalue weighted by molar-refractivity contribution is 5.82. The van der Waals surface area contributed by atoms with E-state index in [4.69, 9.17) is 5.73 Å². The molecule has 104 valence electrons. The summed E-state index contributed by atoms with van der Waals surface area (Å²) in [7, 11) is 0. The summed E-state index contributed by atoms with van der Waals surface area (Å²) in [5, 5.41) is 0. The normalized spacial score (nSPS) is 31.6. The zero-order chi connectivity index (χ0) is 13.2. The second-order valence-corrected chi connectivity index (χ2v) is 6.46. The van der Waals surface area contributed by atoms with Gasteiger partial charge in [0.05, 0.1) is 5.41 Å². The molecule has 1 aliphatic carbocycles. The smallest absolute Gasteiger partial charge is 0.229 e. The van der Waals surface area contributed by atoms with E-state index in [9.17, 15) is 4.79 Å². The zero-order valence-corrected chi connectivity index (χ0v) is 12.0. The van der Waals surface area contributed by atoms with E-state index in [-0.39, 0.29) is 11.3 Å². The fourth-order valence-electron chi connectivity index (χ4n) is 3.55. The number of piperidine rings is 1. The van der Waals surface area contributed by atoms with Gasteiger partial charge in [0.1, 0.15) is 0 Å². The first-order valence-corrected chi connectivity index (χ1v) is 7.60. The molecule has 1 heterocycles. The van der Waals surface area contributed by atoms with Gasteiger partial charge >= 0.3 is 0 Å². The Bertz CT molecular complexity index is 299. The largest absolute Gasteiger partial charge is 0.342 e. The van der Waals surface area contributed by atoms with Crippen LogP contribution in [0.5, 0.6) is 0 Å². The van der Waals surface area contributed by atoms with Crippen molar-refractivity contribution in [1.29, 1.82) is 0 Å². The number of fused-ring (bicyclic) bond motifs is 1. The third-order valence-corrected chi connectivity index (χ3v) is 5.33. The Morgan fingerprint density at radius 3 is 2.56 bits per heavy atom. The van der Waals surface area contributed by atoms with E-state index >= 15 is 0 Å². The molecule has 3 atom stereocenters. The van der Waals surface area contributed by atoms with Crippen LogP contribution in [0.2, 0.25) is 0 Å². The zero-order valence-electron chi connectivity index (χ0n) is 12.0. The van der Waals surface area contributed by atoms with Gasteiger partial charge in [-0.25, -0.2) is 0 Å². The van der Waals surface area contributed by atoms with E-state index < -0.39 is 0 Å². The number of carbonyl (C=O) groups is 1. The molecule has 1 saturated heterocycles. The van der Waals surface area contributed by atoms with E-state index in [1.807, 2.05) is 6.92 Å². The van der Waals surface area contributed by atoms with Crippen molar-refractivity contribution in [3.63, 3.8) is 0 Å². The van der Waals surface area contributed by atoms with Crippen molar-refractivity contribution in [3.05, 3.63) is 0 Å². The van der Waals surface area contributed by atoms with Crippen LogP contribution in [0.4, 0.5) is 0 Å².